The van der Waals surface area contributed by atoms with Gasteiger partial charge in [-0.2, -0.15) is 0 Å². The van der Waals surface area contributed by atoms with Gasteiger partial charge in [-0.3, -0.25) is 14.4 Å². The fourth-order valence-electron chi connectivity index (χ4n) is 7.89. The first-order chi connectivity index (χ1) is 38.6. The summed E-state index contributed by atoms with van der Waals surface area (Å²) in [6.45, 7) is 5.60. The van der Waals surface area contributed by atoms with E-state index in [0.29, 0.717) is 32.1 Å². The van der Waals surface area contributed by atoms with Crippen molar-refractivity contribution in [2.45, 2.75) is 237 Å². The number of carboxylic acids is 1. The fourth-order valence-corrected chi connectivity index (χ4v) is 7.89. The molecule has 1 fully saturated rings. The Bertz CT molecular complexity index is 1930. The molecular formula is C67H102O12. The normalized spacial score (nSPS) is 18.9. The molecule has 12 nitrogen and oxygen atoms in total. The highest BCUT2D eigenvalue weighted by atomic mass is 16.7. The third-order valence-electron chi connectivity index (χ3n) is 12.4. The molecule has 6 atom stereocenters. The highest BCUT2D eigenvalue weighted by molar-refractivity contribution is 5.74. The number of aliphatic hydroxyl groups excluding tert-OH is 2. The van der Waals surface area contributed by atoms with Gasteiger partial charge in [-0.05, 0) is 122 Å². The topological polar surface area (TPSA) is 175 Å². The maximum atomic E-state index is 13.1. The number of esters is 3. The van der Waals surface area contributed by atoms with Gasteiger partial charge >= 0.3 is 23.9 Å². The molecule has 12 heteroatoms. The Morgan fingerprint density at radius 2 is 0.835 bits per heavy atom. The van der Waals surface area contributed by atoms with E-state index in [1.165, 1.54) is 19.3 Å². The molecule has 0 saturated carbocycles. The quantitative estimate of drug-likeness (QED) is 0.0228. The molecule has 3 N–H and O–H groups in total. The summed E-state index contributed by atoms with van der Waals surface area (Å²) in [6, 6.07) is 0. The summed E-state index contributed by atoms with van der Waals surface area (Å²) in [5.41, 5.74) is 0. The third-order valence-corrected chi connectivity index (χ3v) is 12.4. The summed E-state index contributed by atoms with van der Waals surface area (Å²) in [5.74, 6) is -3.35. The predicted octanol–water partition coefficient (Wildman–Crippen LogP) is 15.6. The minimum absolute atomic E-state index is 0.0192. The molecule has 1 saturated heterocycles. The van der Waals surface area contributed by atoms with Crippen LogP contribution in [0.15, 0.2) is 146 Å². The van der Waals surface area contributed by atoms with E-state index in [2.05, 4.69) is 136 Å². The zero-order valence-corrected chi connectivity index (χ0v) is 48.5. The number of aliphatic carboxylic acids is 1. The third kappa shape index (κ3) is 43.1. The van der Waals surface area contributed by atoms with Crippen molar-refractivity contribution in [1.29, 1.82) is 0 Å². The van der Waals surface area contributed by atoms with Crippen LogP contribution in [-0.4, -0.2) is 89.2 Å². The van der Waals surface area contributed by atoms with Crippen molar-refractivity contribution in [3.8, 4) is 0 Å². The van der Waals surface area contributed by atoms with Crippen molar-refractivity contribution in [2.24, 2.45) is 0 Å². The first-order valence-electron chi connectivity index (χ1n) is 29.8. The lowest BCUT2D eigenvalue weighted by molar-refractivity contribution is -0.301. The second-order valence-corrected chi connectivity index (χ2v) is 19.5. The van der Waals surface area contributed by atoms with E-state index in [1.807, 2.05) is 30.4 Å². The number of carbonyl (C=O) groups excluding carboxylic acids is 3. The summed E-state index contributed by atoms with van der Waals surface area (Å²) in [6.07, 6.45) is 64.1. The molecule has 1 aliphatic heterocycles. The van der Waals surface area contributed by atoms with E-state index in [-0.39, 0.29) is 25.9 Å². The molecule has 0 aromatic carbocycles. The summed E-state index contributed by atoms with van der Waals surface area (Å²) in [5, 5.41) is 31.5. The molecule has 1 aliphatic rings. The maximum absolute atomic E-state index is 13.1. The number of ether oxygens (including phenoxy) is 5. The van der Waals surface area contributed by atoms with Gasteiger partial charge in [0.05, 0.1) is 6.61 Å². The minimum atomic E-state index is -1.93. The number of allylic oxidation sites excluding steroid dienone is 24. The van der Waals surface area contributed by atoms with Gasteiger partial charge in [0, 0.05) is 19.3 Å². The number of unbranched alkanes of at least 4 members (excludes halogenated alkanes) is 10. The van der Waals surface area contributed by atoms with Crippen LogP contribution in [0, 0.1) is 0 Å². The summed E-state index contributed by atoms with van der Waals surface area (Å²) in [4.78, 5) is 51.1. The van der Waals surface area contributed by atoms with Crippen molar-refractivity contribution in [2.75, 3.05) is 13.2 Å². The molecule has 1 rings (SSSR count). The average molecular weight is 1100 g/mol. The Labute approximate surface area is 476 Å². The summed E-state index contributed by atoms with van der Waals surface area (Å²) >= 11 is 0. The van der Waals surface area contributed by atoms with Crippen molar-refractivity contribution >= 4 is 23.9 Å². The summed E-state index contributed by atoms with van der Waals surface area (Å²) in [7, 11) is 0. The Hall–Kier alpha value is -5.40. The lowest BCUT2D eigenvalue weighted by atomic mass is 9.98. The maximum Gasteiger partial charge on any atom is 0.335 e. The average Bonchev–Trinajstić information content (AvgIpc) is 3.47. The molecule has 0 aliphatic carbocycles. The second-order valence-electron chi connectivity index (χ2n) is 19.5. The van der Waals surface area contributed by atoms with Gasteiger partial charge in [-0.25, -0.2) is 4.79 Å². The van der Waals surface area contributed by atoms with E-state index in [9.17, 15) is 34.5 Å². The van der Waals surface area contributed by atoms with Gasteiger partial charge < -0.3 is 39.0 Å². The smallest absolute Gasteiger partial charge is 0.335 e. The minimum Gasteiger partial charge on any atom is -0.479 e. The van der Waals surface area contributed by atoms with Crippen LogP contribution in [0.2, 0.25) is 0 Å². The van der Waals surface area contributed by atoms with Crippen molar-refractivity contribution in [1.82, 2.24) is 0 Å². The highest BCUT2D eigenvalue weighted by Crippen LogP contribution is 2.26. The Kier molecular flexibility index (Phi) is 48.3. The second kappa shape index (κ2) is 53.3. The first-order valence-corrected chi connectivity index (χ1v) is 29.8. The zero-order valence-electron chi connectivity index (χ0n) is 48.5. The monoisotopic (exact) mass is 1100 g/mol. The van der Waals surface area contributed by atoms with Gasteiger partial charge in [-0.15, -0.1) is 0 Å². The molecule has 0 radical (unpaired) electrons. The van der Waals surface area contributed by atoms with Crippen LogP contribution >= 0.6 is 0 Å². The molecule has 79 heavy (non-hydrogen) atoms. The van der Waals surface area contributed by atoms with Crippen LogP contribution in [0.25, 0.3) is 0 Å². The van der Waals surface area contributed by atoms with Crippen molar-refractivity contribution in [3.63, 3.8) is 0 Å². The SMILES string of the molecule is CC/C=C\C/C=C\C/C=C\C/C=C\C/C=C\CCCC(=O)OCC(COC1OC(C(=O)O)C(O)C(O)C1OC(=O)CCCCCCCC/C=C\C/C=C\C/C=C\CCCCC)OC(=O)CC/C=C\C/C=C\C/C=C\C/C=C\CC. The van der Waals surface area contributed by atoms with Gasteiger partial charge in [-0.1, -0.05) is 205 Å². The summed E-state index contributed by atoms with van der Waals surface area (Å²) < 4.78 is 28.3. The number of carbonyl (C=O) groups is 4. The van der Waals surface area contributed by atoms with Crippen LogP contribution in [0.5, 0.6) is 0 Å². The molecule has 0 aromatic heterocycles. The van der Waals surface area contributed by atoms with E-state index >= 15 is 0 Å². The van der Waals surface area contributed by atoms with Crippen LogP contribution in [0.3, 0.4) is 0 Å². The zero-order chi connectivity index (χ0) is 57.5. The molecule has 6 unspecified atom stereocenters. The standard InChI is InChI=1S/C67H102O12/c1-4-7-10-13-16-19-22-25-27-29-30-32-34-37-40-43-46-49-52-55-61(70)78-65-63(72)62(71)64(66(73)74)79-67(65)76-57-58(77-60(69)54-51-48-45-42-39-35-24-21-18-15-12-9-6-3)56-75-59(68)53-50-47-44-41-38-36-33-31-28-26-23-20-17-14-11-8-5-2/h8-9,11-12,16-21,25-28,30,32-33,35-36,39,41,44-45,48,58,62-65,67,71-72H,4-7,10,13-15,22-24,29,31,34,37-38,40,42-43,46-47,49-57H2,1-3H3,(H,73,74)/b11-8-,12-9-,19-16-,20-17-,21-18-,27-25-,28-26-,32-30-,36-33-,39-35-,44-41-,48-45-. The molecule has 0 aromatic rings. The molecule has 442 valence electrons. The van der Waals surface area contributed by atoms with Crippen LogP contribution in [0.1, 0.15) is 201 Å². The Morgan fingerprint density at radius 3 is 1.30 bits per heavy atom. The van der Waals surface area contributed by atoms with E-state index in [4.69, 9.17) is 23.7 Å². The lowest BCUT2D eigenvalue weighted by Gasteiger charge is -2.40. The first kappa shape index (κ1) is 71.6. The van der Waals surface area contributed by atoms with Crippen LogP contribution < -0.4 is 0 Å². The van der Waals surface area contributed by atoms with Crippen molar-refractivity contribution in [3.05, 3.63) is 146 Å². The fraction of sp³-hybridized carbons (Fsp3) is 0.582. The van der Waals surface area contributed by atoms with Crippen molar-refractivity contribution < 1.29 is 58.2 Å². The van der Waals surface area contributed by atoms with Gasteiger partial charge in [0.25, 0.3) is 0 Å². The van der Waals surface area contributed by atoms with E-state index in [1.54, 1.807) is 0 Å². The molecule has 0 spiro atoms. The van der Waals surface area contributed by atoms with Gasteiger partial charge in [0.1, 0.15) is 18.8 Å². The number of carboxylic acid groups (broad SMARTS) is 1. The molecular weight excluding hydrogens is 997 g/mol. The highest BCUT2D eigenvalue weighted by Gasteiger charge is 2.50. The van der Waals surface area contributed by atoms with Crippen LogP contribution in [0.4, 0.5) is 0 Å². The molecule has 1 heterocycles. The number of hydrogen-bond acceptors (Lipinski definition) is 11. The van der Waals surface area contributed by atoms with E-state index in [0.717, 1.165) is 109 Å². The molecule has 0 bridgehead atoms. The number of aliphatic hydroxyl groups is 2. The predicted molar refractivity (Wildman–Crippen MR) is 321 cm³/mol. The van der Waals surface area contributed by atoms with Crippen LogP contribution in [-0.2, 0) is 42.9 Å². The Balaban J connectivity index is 2.76. The van der Waals surface area contributed by atoms with Gasteiger partial charge in [0.15, 0.2) is 24.6 Å². The van der Waals surface area contributed by atoms with E-state index < -0.39 is 67.3 Å². The number of hydrogen-bond donors (Lipinski definition) is 3. The largest absolute Gasteiger partial charge is 0.479 e. The number of rotatable bonds is 48. The lowest BCUT2D eigenvalue weighted by Crippen LogP contribution is -2.61. The molecule has 0 amide bonds. The Morgan fingerprint density at radius 1 is 0.430 bits per heavy atom. The van der Waals surface area contributed by atoms with Gasteiger partial charge in [0.2, 0.25) is 0 Å².